The average Bonchev–Trinajstić information content (AvgIpc) is 3.50. The number of rotatable bonds is 7. The number of aromatic amines is 1. The Balaban J connectivity index is 1.25. The zero-order chi connectivity index (χ0) is 20.5. The highest BCUT2D eigenvalue weighted by Crippen LogP contribution is 2.40. The fourth-order valence-corrected chi connectivity index (χ4v) is 3.46. The molecule has 150 valence electrons. The van der Waals surface area contributed by atoms with Crippen molar-refractivity contribution >= 4 is 16.9 Å². The molecular formula is C24H20FN3O2. The molecule has 0 unspecified atom stereocenters. The first-order chi connectivity index (χ1) is 14.6. The minimum Gasteiger partial charge on any atom is -0.455 e. The third-order valence-corrected chi connectivity index (χ3v) is 5.20. The van der Waals surface area contributed by atoms with Gasteiger partial charge in [0.25, 0.3) is 0 Å². The molecule has 1 aliphatic carbocycles. The largest absolute Gasteiger partial charge is 0.455 e. The van der Waals surface area contributed by atoms with Gasteiger partial charge in [-0.3, -0.25) is 4.79 Å². The van der Waals surface area contributed by atoms with Crippen LogP contribution in [-0.4, -0.2) is 20.7 Å². The number of benzene rings is 2. The molecule has 1 N–H and O–H groups in total. The highest BCUT2D eigenvalue weighted by atomic mass is 19.1. The lowest BCUT2D eigenvalue weighted by Crippen LogP contribution is -2.06. The Morgan fingerprint density at radius 1 is 1.00 bits per heavy atom. The topological polar surface area (TPSA) is 67.9 Å². The van der Waals surface area contributed by atoms with Gasteiger partial charge in [0.1, 0.15) is 28.7 Å². The molecule has 2 aromatic heterocycles. The Morgan fingerprint density at radius 2 is 1.67 bits per heavy atom. The Bertz CT molecular complexity index is 1200. The van der Waals surface area contributed by atoms with Crippen molar-refractivity contribution in [2.24, 2.45) is 0 Å². The van der Waals surface area contributed by atoms with Gasteiger partial charge < -0.3 is 9.72 Å². The molecule has 2 heterocycles. The molecule has 0 radical (unpaired) electrons. The van der Waals surface area contributed by atoms with Gasteiger partial charge in [0.15, 0.2) is 11.4 Å². The van der Waals surface area contributed by atoms with E-state index in [-0.39, 0.29) is 18.0 Å². The van der Waals surface area contributed by atoms with Gasteiger partial charge in [0.05, 0.1) is 0 Å². The number of aromatic nitrogens is 3. The number of Topliss-reactive ketones (excluding diaryl/α,β-unsaturated/α-hetero) is 1. The van der Waals surface area contributed by atoms with E-state index in [9.17, 15) is 9.18 Å². The number of fused-ring (bicyclic) bond motifs is 1. The van der Waals surface area contributed by atoms with Crippen molar-refractivity contribution in [3.8, 4) is 11.5 Å². The summed E-state index contributed by atoms with van der Waals surface area (Å²) in [4.78, 5) is 24.5. The Hall–Kier alpha value is -3.54. The van der Waals surface area contributed by atoms with Crippen LogP contribution in [0.2, 0.25) is 0 Å². The minimum absolute atomic E-state index is 0.0798. The third-order valence-electron chi connectivity index (χ3n) is 5.20. The third kappa shape index (κ3) is 4.08. The van der Waals surface area contributed by atoms with Gasteiger partial charge in [-0.15, -0.1) is 0 Å². The minimum atomic E-state index is -0.299. The highest BCUT2D eigenvalue weighted by Gasteiger charge is 2.27. The van der Waals surface area contributed by atoms with Crippen LogP contribution >= 0.6 is 0 Å². The number of hydrogen-bond acceptors (Lipinski definition) is 4. The van der Waals surface area contributed by atoms with E-state index in [0.29, 0.717) is 29.5 Å². The second-order valence-corrected chi connectivity index (χ2v) is 7.67. The number of halogens is 1. The standard InChI is InChI=1S/C24H20FN3O2/c25-18-7-1-15(2-8-18)13-19(29)14-16-3-9-20(10-4-16)30-21-11-12-26-24-22(21)27-23(28-24)17-5-6-17/h1-4,7-12,17H,5-6,13-14H2,(H,26,27,28). The van der Waals surface area contributed by atoms with Crippen LogP contribution in [0.5, 0.6) is 11.5 Å². The first-order valence-corrected chi connectivity index (χ1v) is 10.0. The van der Waals surface area contributed by atoms with Crippen LogP contribution in [0.3, 0.4) is 0 Å². The van der Waals surface area contributed by atoms with Gasteiger partial charge in [-0.1, -0.05) is 24.3 Å². The summed E-state index contributed by atoms with van der Waals surface area (Å²) in [5, 5.41) is 0. The lowest BCUT2D eigenvalue weighted by Gasteiger charge is -2.07. The zero-order valence-corrected chi connectivity index (χ0v) is 16.3. The van der Waals surface area contributed by atoms with Gasteiger partial charge in [-0.05, 0) is 48.2 Å². The number of ether oxygens (including phenoxy) is 1. The number of imidazole rings is 1. The number of ketones is 1. The van der Waals surface area contributed by atoms with E-state index in [1.54, 1.807) is 18.3 Å². The molecule has 5 nitrogen and oxygen atoms in total. The molecule has 1 fully saturated rings. The Kier molecular flexibility index (Phi) is 4.75. The maximum absolute atomic E-state index is 13.0. The first-order valence-electron chi connectivity index (χ1n) is 10.0. The van der Waals surface area contributed by atoms with E-state index < -0.39 is 0 Å². The monoisotopic (exact) mass is 401 g/mol. The maximum atomic E-state index is 13.0. The summed E-state index contributed by atoms with van der Waals surface area (Å²) in [6, 6.07) is 15.3. The molecule has 30 heavy (non-hydrogen) atoms. The van der Waals surface area contributed by atoms with Gasteiger partial charge in [0, 0.05) is 31.0 Å². The molecule has 0 bridgehead atoms. The second-order valence-electron chi connectivity index (χ2n) is 7.67. The Morgan fingerprint density at radius 3 is 2.33 bits per heavy atom. The van der Waals surface area contributed by atoms with Crippen molar-refractivity contribution < 1.29 is 13.9 Å². The van der Waals surface area contributed by atoms with E-state index >= 15 is 0 Å². The van der Waals surface area contributed by atoms with Crippen LogP contribution in [0.1, 0.15) is 35.7 Å². The highest BCUT2D eigenvalue weighted by molar-refractivity contribution is 5.83. The van der Waals surface area contributed by atoms with E-state index in [4.69, 9.17) is 4.74 Å². The molecule has 0 saturated heterocycles. The number of nitrogens with one attached hydrogen (secondary N) is 1. The van der Waals surface area contributed by atoms with Crippen molar-refractivity contribution in [1.82, 2.24) is 15.0 Å². The van der Waals surface area contributed by atoms with Crippen molar-refractivity contribution in [3.05, 3.63) is 83.6 Å². The molecule has 1 aliphatic rings. The molecule has 0 spiro atoms. The van der Waals surface area contributed by atoms with Gasteiger partial charge in [0.2, 0.25) is 0 Å². The summed E-state index contributed by atoms with van der Waals surface area (Å²) in [5.74, 6) is 2.63. The molecule has 1 saturated carbocycles. The van der Waals surface area contributed by atoms with E-state index in [1.165, 1.54) is 12.1 Å². The van der Waals surface area contributed by atoms with Gasteiger partial charge in [-0.25, -0.2) is 14.4 Å². The summed E-state index contributed by atoms with van der Waals surface area (Å²) in [6.07, 6.45) is 4.63. The predicted molar refractivity (Wildman–Crippen MR) is 111 cm³/mol. The summed E-state index contributed by atoms with van der Waals surface area (Å²) in [6.45, 7) is 0. The zero-order valence-electron chi connectivity index (χ0n) is 16.3. The molecule has 0 amide bonds. The number of hydrogen-bond donors (Lipinski definition) is 1. The fourth-order valence-electron chi connectivity index (χ4n) is 3.46. The molecule has 6 heteroatoms. The number of nitrogens with zero attached hydrogens (tertiary/aromatic N) is 2. The van der Waals surface area contributed by atoms with Crippen molar-refractivity contribution in [2.45, 2.75) is 31.6 Å². The average molecular weight is 401 g/mol. The summed E-state index contributed by atoms with van der Waals surface area (Å²) >= 11 is 0. The maximum Gasteiger partial charge on any atom is 0.181 e. The smallest absolute Gasteiger partial charge is 0.181 e. The van der Waals surface area contributed by atoms with Crippen LogP contribution in [-0.2, 0) is 17.6 Å². The van der Waals surface area contributed by atoms with E-state index in [2.05, 4.69) is 15.0 Å². The van der Waals surface area contributed by atoms with Gasteiger partial charge >= 0.3 is 0 Å². The first kappa shape index (κ1) is 18.5. The van der Waals surface area contributed by atoms with Crippen molar-refractivity contribution in [3.63, 3.8) is 0 Å². The number of H-pyrrole nitrogens is 1. The quantitative estimate of drug-likeness (QED) is 0.467. The van der Waals surface area contributed by atoms with Crippen molar-refractivity contribution in [2.75, 3.05) is 0 Å². The molecule has 2 aromatic carbocycles. The fraction of sp³-hybridized carbons (Fsp3) is 0.208. The van der Waals surface area contributed by atoms with Crippen LogP contribution in [0.25, 0.3) is 11.2 Å². The molecule has 5 rings (SSSR count). The lowest BCUT2D eigenvalue weighted by molar-refractivity contribution is -0.117. The van der Waals surface area contributed by atoms with E-state index in [0.717, 1.165) is 35.3 Å². The predicted octanol–water partition coefficient (Wildman–Crippen LogP) is 5.12. The molecule has 4 aromatic rings. The number of carbonyl (C=O) groups is 1. The summed E-state index contributed by atoms with van der Waals surface area (Å²) in [5.41, 5.74) is 3.19. The number of carbonyl (C=O) groups excluding carboxylic acids is 1. The summed E-state index contributed by atoms with van der Waals surface area (Å²) in [7, 11) is 0. The normalized spacial score (nSPS) is 13.5. The van der Waals surface area contributed by atoms with E-state index in [1.807, 2.05) is 30.3 Å². The Labute approximate surface area is 173 Å². The van der Waals surface area contributed by atoms with Crippen LogP contribution < -0.4 is 4.74 Å². The van der Waals surface area contributed by atoms with Crippen LogP contribution in [0.15, 0.2) is 60.8 Å². The van der Waals surface area contributed by atoms with Crippen molar-refractivity contribution in [1.29, 1.82) is 0 Å². The summed E-state index contributed by atoms with van der Waals surface area (Å²) < 4.78 is 19.0. The SMILES string of the molecule is O=C(Cc1ccc(F)cc1)Cc1ccc(Oc2ccnc3nc(C4CC4)[nH]c23)cc1. The van der Waals surface area contributed by atoms with Gasteiger partial charge in [-0.2, -0.15) is 0 Å². The molecular weight excluding hydrogens is 381 g/mol. The van der Waals surface area contributed by atoms with Crippen LogP contribution in [0, 0.1) is 5.82 Å². The van der Waals surface area contributed by atoms with Crippen LogP contribution in [0.4, 0.5) is 4.39 Å². The lowest BCUT2D eigenvalue weighted by atomic mass is 10.0. The second kappa shape index (κ2) is 7.71. The molecule has 0 atom stereocenters. The number of pyridine rings is 1. The molecule has 0 aliphatic heterocycles.